The molecule has 3 aromatic heterocycles. The lowest BCUT2D eigenvalue weighted by molar-refractivity contribution is -0.128. The second kappa shape index (κ2) is 8.29. The maximum Gasteiger partial charge on any atom is 0.266 e. The quantitative estimate of drug-likeness (QED) is 0.365. The van der Waals surface area contributed by atoms with Gasteiger partial charge in [0, 0.05) is 60.0 Å². The molecule has 0 spiro atoms. The van der Waals surface area contributed by atoms with E-state index in [1.165, 1.54) is 25.1 Å². The minimum atomic E-state index is -0.819. The molecule has 0 aliphatic rings. The number of amides is 2. The first-order chi connectivity index (χ1) is 15.2. The van der Waals surface area contributed by atoms with Crippen molar-refractivity contribution in [2.45, 2.75) is 39.8 Å². The van der Waals surface area contributed by atoms with Crippen molar-refractivity contribution in [1.29, 1.82) is 0 Å². The van der Waals surface area contributed by atoms with E-state index in [2.05, 4.69) is 25.7 Å². The van der Waals surface area contributed by atoms with Crippen LogP contribution in [0.5, 0.6) is 0 Å². The highest BCUT2D eigenvalue weighted by atomic mass is 19.1. The number of fused-ring (bicyclic) bond motifs is 2. The van der Waals surface area contributed by atoms with Crippen LogP contribution in [-0.2, 0) is 22.6 Å². The SMILES string of the molecule is CC(=O)NC(Cc1c[nH]c2cc(F)ccc12)C(=O)NCc1c(C)nc2cc(=O)[nH]n2c1C. The Morgan fingerprint density at radius 1 is 1.25 bits per heavy atom. The van der Waals surface area contributed by atoms with Crippen LogP contribution in [-0.4, -0.2) is 37.4 Å². The minimum Gasteiger partial charge on any atom is -0.361 e. The summed E-state index contributed by atoms with van der Waals surface area (Å²) in [6, 6.07) is 4.97. The van der Waals surface area contributed by atoms with Crippen LogP contribution in [0.25, 0.3) is 16.6 Å². The number of aromatic nitrogens is 4. The Hall–Kier alpha value is -3.95. The Morgan fingerprint density at radius 3 is 2.78 bits per heavy atom. The average Bonchev–Trinajstić information content (AvgIpc) is 3.29. The van der Waals surface area contributed by atoms with Crippen LogP contribution in [0.3, 0.4) is 0 Å². The summed E-state index contributed by atoms with van der Waals surface area (Å²) in [5, 5.41) is 9.01. The summed E-state index contributed by atoms with van der Waals surface area (Å²) in [6.45, 7) is 5.16. The van der Waals surface area contributed by atoms with E-state index in [0.717, 1.165) is 22.2 Å². The number of aryl methyl sites for hydroxylation is 2. The second-order valence-corrected chi connectivity index (χ2v) is 7.75. The Bertz CT molecular complexity index is 1400. The zero-order chi connectivity index (χ0) is 23.0. The largest absolute Gasteiger partial charge is 0.361 e. The molecule has 4 rings (SSSR count). The molecule has 3 heterocycles. The van der Waals surface area contributed by atoms with E-state index in [1.54, 1.807) is 16.8 Å². The predicted octanol–water partition coefficient (Wildman–Crippen LogP) is 1.62. The van der Waals surface area contributed by atoms with E-state index in [9.17, 15) is 18.8 Å². The average molecular weight is 438 g/mol. The summed E-state index contributed by atoms with van der Waals surface area (Å²) < 4.78 is 15.0. The molecular weight excluding hydrogens is 415 g/mol. The number of carbonyl (C=O) groups is 2. The van der Waals surface area contributed by atoms with E-state index in [0.29, 0.717) is 16.9 Å². The van der Waals surface area contributed by atoms with E-state index < -0.39 is 6.04 Å². The van der Waals surface area contributed by atoms with Gasteiger partial charge in [0.25, 0.3) is 5.56 Å². The lowest BCUT2D eigenvalue weighted by Gasteiger charge is -2.19. The van der Waals surface area contributed by atoms with Crippen molar-refractivity contribution in [2.75, 3.05) is 0 Å². The Kier molecular flexibility index (Phi) is 5.52. The summed E-state index contributed by atoms with van der Waals surface area (Å²) in [5.74, 6) is -1.06. The topological polar surface area (TPSA) is 124 Å². The van der Waals surface area contributed by atoms with E-state index in [4.69, 9.17) is 0 Å². The smallest absolute Gasteiger partial charge is 0.266 e. The molecule has 2 amide bonds. The van der Waals surface area contributed by atoms with Gasteiger partial charge >= 0.3 is 0 Å². The molecule has 166 valence electrons. The zero-order valence-electron chi connectivity index (χ0n) is 17.9. The lowest BCUT2D eigenvalue weighted by atomic mass is 10.0. The van der Waals surface area contributed by atoms with Crippen LogP contribution in [0.2, 0.25) is 0 Å². The highest BCUT2D eigenvalue weighted by Gasteiger charge is 2.22. The van der Waals surface area contributed by atoms with Crippen molar-refractivity contribution in [3.05, 3.63) is 69.1 Å². The maximum absolute atomic E-state index is 13.5. The molecule has 10 heteroatoms. The molecule has 1 aromatic carbocycles. The molecule has 32 heavy (non-hydrogen) atoms. The third-order valence-electron chi connectivity index (χ3n) is 5.49. The van der Waals surface area contributed by atoms with Gasteiger partial charge in [0.05, 0.1) is 0 Å². The zero-order valence-corrected chi connectivity index (χ0v) is 17.9. The molecular formula is C22H23FN6O3. The van der Waals surface area contributed by atoms with Crippen LogP contribution < -0.4 is 16.2 Å². The normalized spacial score (nSPS) is 12.2. The predicted molar refractivity (Wildman–Crippen MR) is 117 cm³/mol. The van der Waals surface area contributed by atoms with Crippen LogP contribution in [0.15, 0.2) is 35.3 Å². The number of hydrogen-bond donors (Lipinski definition) is 4. The molecule has 0 radical (unpaired) electrons. The molecule has 0 fully saturated rings. The number of halogens is 1. The van der Waals surface area contributed by atoms with Gasteiger partial charge in [0.15, 0.2) is 5.65 Å². The molecule has 0 saturated heterocycles. The van der Waals surface area contributed by atoms with Gasteiger partial charge in [0.1, 0.15) is 11.9 Å². The third-order valence-corrected chi connectivity index (χ3v) is 5.49. The molecule has 1 unspecified atom stereocenters. The first-order valence-electron chi connectivity index (χ1n) is 10.1. The highest BCUT2D eigenvalue weighted by molar-refractivity contribution is 5.89. The van der Waals surface area contributed by atoms with Crippen molar-refractivity contribution in [1.82, 2.24) is 30.2 Å². The number of nitrogens with zero attached hydrogens (tertiary/aromatic N) is 2. The highest BCUT2D eigenvalue weighted by Crippen LogP contribution is 2.21. The van der Waals surface area contributed by atoms with Gasteiger partial charge in [-0.15, -0.1) is 0 Å². The number of carbonyl (C=O) groups excluding carboxylic acids is 2. The lowest BCUT2D eigenvalue weighted by Crippen LogP contribution is -2.47. The van der Waals surface area contributed by atoms with Gasteiger partial charge in [-0.1, -0.05) is 0 Å². The number of rotatable bonds is 6. The maximum atomic E-state index is 13.5. The van der Waals surface area contributed by atoms with Crippen molar-refractivity contribution in [3.63, 3.8) is 0 Å². The molecule has 0 aliphatic heterocycles. The van der Waals surface area contributed by atoms with Crippen molar-refractivity contribution >= 4 is 28.4 Å². The van der Waals surface area contributed by atoms with Crippen LogP contribution in [0, 0.1) is 19.7 Å². The number of hydrogen-bond acceptors (Lipinski definition) is 4. The molecule has 1 atom stereocenters. The Morgan fingerprint density at radius 2 is 2.03 bits per heavy atom. The standard InChI is InChI=1S/C22H23FN6O3/c1-11-17(12(2)29-20(26-11)8-21(31)28-29)10-25-22(32)19(27-13(3)30)6-14-9-24-18-7-15(23)4-5-16(14)18/h4-5,7-9,19,24H,6,10H2,1-3H3,(H,25,32)(H,27,30)(H,28,31). The Balaban J connectivity index is 1.55. The number of nitrogens with one attached hydrogen (secondary N) is 4. The van der Waals surface area contributed by atoms with Gasteiger partial charge in [-0.05, 0) is 37.6 Å². The van der Waals surface area contributed by atoms with Crippen LogP contribution in [0.4, 0.5) is 4.39 Å². The van der Waals surface area contributed by atoms with Crippen molar-refractivity contribution in [2.24, 2.45) is 0 Å². The van der Waals surface area contributed by atoms with Gasteiger partial charge in [-0.3, -0.25) is 19.5 Å². The first-order valence-corrected chi connectivity index (χ1v) is 10.1. The summed E-state index contributed by atoms with van der Waals surface area (Å²) >= 11 is 0. The molecule has 4 aromatic rings. The van der Waals surface area contributed by atoms with E-state index >= 15 is 0 Å². The van der Waals surface area contributed by atoms with Gasteiger partial charge < -0.3 is 15.6 Å². The van der Waals surface area contributed by atoms with E-state index in [-0.39, 0.29) is 36.2 Å². The fourth-order valence-corrected chi connectivity index (χ4v) is 3.91. The minimum absolute atomic E-state index is 0.175. The summed E-state index contributed by atoms with van der Waals surface area (Å²) in [7, 11) is 0. The molecule has 0 aliphatic carbocycles. The second-order valence-electron chi connectivity index (χ2n) is 7.75. The summed E-state index contributed by atoms with van der Waals surface area (Å²) in [4.78, 5) is 43.7. The fourth-order valence-electron chi connectivity index (χ4n) is 3.91. The van der Waals surface area contributed by atoms with Gasteiger partial charge in [0.2, 0.25) is 11.8 Å². The summed E-state index contributed by atoms with van der Waals surface area (Å²) in [6.07, 6.45) is 1.94. The van der Waals surface area contributed by atoms with Gasteiger partial charge in [-0.2, -0.15) is 0 Å². The molecule has 9 nitrogen and oxygen atoms in total. The molecule has 0 bridgehead atoms. The Labute approximate surface area is 182 Å². The monoisotopic (exact) mass is 438 g/mol. The van der Waals surface area contributed by atoms with Crippen LogP contribution >= 0.6 is 0 Å². The fraction of sp³-hybridized carbons (Fsp3) is 0.273. The number of H-pyrrole nitrogens is 2. The summed E-state index contributed by atoms with van der Waals surface area (Å²) in [5.41, 5.74) is 3.86. The number of aromatic amines is 2. The van der Waals surface area contributed by atoms with E-state index in [1.807, 2.05) is 13.8 Å². The van der Waals surface area contributed by atoms with Crippen LogP contribution in [0.1, 0.15) is 29.4 Å². The first kappa shape index (κ1) is 21.3. The molecule has 4 N–H and O–H groups in total. The van der Waals surface area contributed by atoms with Gasteiger partial charge in [-0.25, -0.2) is 13.9 Å². The van der Waals surface area contributed by atoms with Crippen molar-refractivity contribution in [3.8, 4) is 0 Å². The number of benzene rings is 1. The molecule has 0 saturated carbocycles. The third kappa shape index (κ3) is 4.11. The van der Waals surface area contributed by atoms with Crippen molar-refractivity contribution < 1.29 is 14.0 Å².